The second-order valence-electron chi connectivity index (χ2n) is 5.63. The monoisotopic (exact) mass is 357 g/mol. The third-order valence-corrected chi connectivity index (χ3v) is 4.77. The Hall–Kier alpha value is -2.57. The molecule has 0 aromatic heterocycles. The van der Waals surface area contributed by atoms with Crippen molar-refractivity contribution in [3.05, 3.63) is 77.9 Å². The normalized spacial score (nSPS) is 16.2. The van der Waals surface area contributed by atoms with Crippen LogP contribution in [0.2, 0.25) is 0 Å². The van der Waals surface area contributed by atoms with E-state index in [1.165, 1.54) is 6.07 Å². The predicted octanol–water partition coefficient (Wildman–Crippen LogP) is 4.36. The third kappa shape index (κ3) is 3.06. The Kier molecular flexibility index (Phi) is 4.07. The molecule has 1 heterocycles. The highest BCUT2D eigenvalue weighted by Crippen LogP contribution is 2.36. The number of hydrogen-bond donors (Lipinski definition) is 1. The first kappa shape index (κ1) is 15.9. The highest BCUT2D eigenvalue weighted by Gasteiger charge is 2.19. The van der Waals surface area contributed by atoms with E-state index in [9.17, 15) is 13.0 Å². The van der Waals surface area contributed by atoms with Crippen molar-refractivity contribution in [2.75, 3.05) is 0 Å². The molecular weight excluding hydrogens is 344 g/mol. The van der Waals surface area contributed by atoms with Gasteiger partial charge in [-0.15, -0.1) is 0 Å². The van der Waals surface area contributed by atoms with Gasteiger partial charge < -0.3 is 4.18 Å². The fraction of sp³-hybridized carbons (Fsp3) is 0.0526. The second-order valence-corrected chi connectivity index (χ2v) is 6.56. The summed E-state index contributed by atoms with van der Waals surface area (Å²) in [5, 5.41) is 0. The zero-order valence-electron chi connectivity index (χ0n) is 13.0. The fourth-order valence-electron chi connectivity index (χ4n) is 2.84. The SMILES string of the molecule is O=S1NCc2cccc(-c3ccc(-c4cc(F)ccc4F)cc3)c2O1. The smallest absolute Gasteiger partial charge is 0.288 e. The number of fused-ring (bicyclic) bond motifs is 1. The lowest BCUT2D eigenvalue weighted by atomic mass is 9.98. The fourth-order valence-corrected chi connectivity index (χ4v) is 3.52. The van der Waals surface area contributed by atoms with E-state index in [1.54, 1.807) is 12.1 Å². The van der Waals surface area contributed by atoms with Crippen molar-refractivity contribution in [3.8, 4) is 28.0 Å². The van der Waals surface area contributed by atoms with Crippen LogP contribution in [0.25, 0.3) is 22.3 Å². The molecule has 3 nitrogen and oxygen atoms in total. The van der Waals surface area contributed by atoms with Crippen LogP contribution < -0.4 is 8.91 Å². The molecule has 1 aliphatic rings. The van der Waals surface area contributed by atoms with E-state index in [0.717, 1.165) is 28.8 Å². The van der Waals surface area contributed by atoms with E-state index in [-0.39, 0.29) is 5.56 Å². The molecule has 3 aromatic carbocycles. The van der Waals surface area contributed by atoms with E-state index >= 15 is 0 Å². The highest BCUT2D eigenvalue weighted by atomic mass is 32.2. The summed E-state index contributed by atoms with van der Waals surface area (Å²) in [6.07, 6.45) is 0. The summed E-state index contributed by atoms with van der Waals surface area (Å²) < 4.78 is 47.1. The first-order chi connectivity index (χ1) is 12.1. The van der Waals surface area contributed by atoms with Crippen molar-refractivity contribution < 1.29 is 17.2 Å². The molecule has 6 heteroatoms. The van der Waals surface area contributed by atoms with Gasteiger partial charge in [-0.2, -0.15) is 8.93 Å². The Bertz CT molecular complexity index is 974. The lowest BCUT2D eigenvalue weighted by molar-refractivity contribution is 0.525. The number of rotatable bonds is 2. The van der Waals surface area contributed by atoms with Crippen molar-refractivity contribution in [1.82, 2.24) is 4.72 Å². The minimum Gasteiger partial charge on any atom is -0.388 e. The first-order valence-electron chi connectivity index (χ1n) is 7.63. The summed E-state index contributed by atoms with van der Waals surface area (Å²) in [6, 6.07) is 16.1. The van der Waals surface area contributed by atoms with E-state index < -0.39 is 22.9 Å². The molecule has 1 unspecified atom stereocenters. The molecule has 1 aliphatic heterocycles. The van der Waals surface area contributed by atoms with Gasteiger partial charge in [-0.1, -0.05) is 42.5 Å². The second kappa shape index (κ2) is 6.38. The van der Waals surface area contributed by atoms with Gasteiger partial charge in [-0.05, 0) is 29.3 Å². The van der Waals surface area contributed by atoms with Crippen molar-refractivity contribution in [2.24, 2.45) is 0 Å². The topological polar surface area (TPSA) is 38.3 Å². The van der Waals surface area contributed by atoms with Crippen LogP contribution in [0.5, 0.6) is 5.75 Å². The summed E-state index contributed by atoms with van der Waals surface area (Å²) in [4.78, 5) is 0. The lowest BCUT2D eigenvalue weighted by Gasteiger charge is -2.19. The molecule has 25 heavy (non-hydrogen) atoms. The van der Waals surface area contributed by atoms with Gasteiger partial charge in [0.1, 0.15) is 11.6 Å². The maximum Gasteiger partial charge on any atom is 0.288 e. The molecule has 4 rings (SSSR count). The first-order valence-corrected chi connectivity index (χ1v) is 8.70. The molecular formula is C19H13F2NO2S. The van der Waals surface area contributed by atoms with E-state index in [1.807, 2.05) is 30.3 Å². The standard InChI is InChI=1S/C19H13F2NO2S/c20-15-8-9-18(21)17(10-15)13-6-4-12(5-7-13)16-3-1-2-14-11-22-25(23)24-19(14)16/h1-10,22H,11H2. The number of benzene rings is 3. The van der Waals surface area contributed by atoms with Crippen LogP contribution >= 0.6 is 0 Å². The Balaban J connectivity index is 1.74. The van der Waals surface area contributed by atoms with E-state index in [2.05, 4.69) is 4.72 Å². The maximum absolute atomic E-state index is 13.9. The van der Waals surface area contributed by atoms with Crippen LogP contribution in [0.3, 0.4) is 0 Å². The van der Waals surface area contributed by atoms with Crippen LogP contribution in [0.4, 0.5) is 8.78 Å². The molecule has 1 N–H and O–H groups in total. The predicted molar refractivity (Wildman–Crippen MR) is 92.8 cm³/mol. The average Bonchev–Trinajstić information content (AvgIpc) is 2.63. The summed E-state index contributed by atoms with van der Waals surface area (Å²) in [5.74, 6) is -0.388. The van der Waals surface area contributed by atoms with Crippen LogP contribution in [0, 0.1) is 11.6 Å². The van der Waals surface area contributed by atoms with Crippen LogP contribution in [0.15, 0.2) is 60.7 Å². The lowest BCUT2D eigenvalue weighted by Crippen LogP contribution is -2.26. The van der Waals surface area contributed by atoms with Gasteiger partial charge in [0.25, 0.3) is 11.3 Å². The van der Waals surface area contributed by atoms with Gasteiger partial charge in [0.15, 0.2) is 5.75 Å². The molecule has 3 aromatic rings. The van der Waals surface area contributed by atoms with Crippen molar-refractivity contribution in [2.45, 2.75) is 6.54 Å². The Morgan fingerprint density at radius 1 is 0.920 bits per heavy atom. The quantitative estimate of drug-likeness (QED) is 0.740. The number of hydrogen-bond acceptors (Lipinski definition) is 2. The van der Waals surface area contributed by atoms with Gasteiger partial charge in [-0.25, -0.2) is 8.78 Å². The van der Waals surface area contributed by atoms with Crippen LogP contribution in [-0.4, -0.2) is 4.21 Å². The molecule has 0 saturated heterocycles. The summed E-state index contributed by atoms with van der Waals surface area (Å²) in [6.45, 7) is 0.461. The largest absolute Gasteiger partial charge is 0.388 e. The molecule has 1 atom stereocenters. The minimum atomic E-state index is -1.57. The van der Waals surface area contributed by atoms with E-state index in [4.69, 9.17) is 4.18 Å². The van der Waals surface area contributed by atoms with Gasteiger partial charge >= 0.3 is 0 Å². The Morgan fingerprint density at radius 3 is 2.40 bits per heavy atom. The molecule has 0 spiro atoms. The van der Waals surface area contributed by atoms with Crippen LogP contribution in [-0.2, 0) is 17.8 Å². The number of para-hydroxylation sites is 1. The summed E-state index contributed by atoms with van der Waals surface area (Å²) in [7, 11) is 0. The molecule has 126 valence electrons. The molecule has 0 aliphatic carbocycles. The van der Waals surface area contributed by atoms with E-state index in [0.29, 0.717) is 17.9 Å². The maximum atomic E-state index is 13.9. The van der Waals surface area contributed by atoms with Gasteiger partial charge in [0.2, 0.25) is 0 Å². The zero-order valence-corrected chi connectivity index (χ0v) is 13.8. The number of nitrogens with one attached hydrogen (secondary N) is 1. The van der Waals surface area contributed by atoms with Crippen molar-refractivity contribution in [1.29, 1.82) is 0 Å². The molecule has 0 fully saturated rings. The molecule has 0 radical (unpaired) electrons. The highest BCUT2D eigenvalue weighted by molar-refractivity contribution is 7.78. The number of halogens is 2. The molecule has 0 bridgehead atoms. The minimum absolute atomic E-state index is 0.211. The third-order valence-electron chi connectivity index (χ3n) is 4.07. The van der Waals surface area contributed by atoms with Gasteiger partial charge in [0.05, 0.1) is 0 Å². The Morgan fingerprint density at radius 2 is 1.64 bits per heavy atom. The average molecular weight is 357 g/mol. The van der Waals surface area contributed by atoms with Gasteiger partial charge in [-0.3, -0.25) is 0 Å². The summed E-state index contributed by atoms with van der Waals surface area (Å²) >= 11 is -1.57. The molecule has 0 saturated carbocycles. The van der Waals surface area contributed by atoms with Crippen molar-refractivity contribution >= 4 is 11.3 Å². The summed E-state index contributed by atoms with van der Waals surface area (Å²) in [5.41, 5.74) is 3.35. The van der Waals surface area contributed by atoms with Crippen LogP contribution in [0.1, 0.15) is 5.56 Å². The van der Waals surface area contributed by atoms with Gasteiger partial charge in [0, 0.05) is 23.2 Å². The zero-order chi connectivity index (χ0) is 17.4. The van der Waals surface area contributed by atoms with Crippen molar-refractivity contribution in [3.63, 3.8) is 0 Å². The molecule has 0 amide bonds. The Labute approximate surface area is 146 Å².